The highest BCUT2D eigenvalue weighted by Crippen LogP contribution is 2.43. The van der Waals surface area contributed by atoms with Crippen molar-refractivity contribution in [2.45, 2.75) is 197 Å². The van der Waals surface area contributed by atoms with Crippen LogP contribution in [0.4, 0.5) is 5.69 Å². The molecule has 306 valence electrons. The van der Waals surface area contributed by atoms with E-state index in [1.807, 2.05) is 0 Å². The van der Waals surface area contributed by atoms with Gasteiger partial charge in [0.15, 0.2) is 0 Å². The summed E-state index contributed by atoms with van der Waals surface area (Å²) in [6, 6.07) is 16.7. The van der Waals surface area contributed by atoms with Gasteiger partial charge in [-0.15, -0.1) is 0 Å². The van der Waals surface area contributed by atoms with Crippen LogP contribution in [0.15, 0.2) is 42.5 Å². The van der Waals surface area contributed by atoms with Gasteiger partial charge >= 0.3 is 0 Å². The molecule has 4 rings (SSSR count). The van der Waals surface area contributed by atoms with Gasteiger partial charge in [-0.1, -0.05) is 167 Å². The molecule has 4 aromatic carbocycles. The molecule has 0 amide bonds. The van der Waals surface area contributed by atoms with E-state index in [1.54, 1.807) is 0 Å². The van der Waals surface area contributed by atoms with Crippen molar-refractivity contribution in [3.8, 4) is 5.75 Å². The molecule has 0 saturated carbocycles. The molecule has 0 atom stereocenters. The number of anilines is 1. The number of aromatic hydroxyl groups is 1. The van der Waals surface area contributed by atoms with Crippen molar-refractivity contribution < 1.29 is 5.11 Å². The van der Waals surface area contributed by atoms with Crippen LogP contribution in [0, 0.1) is 20.8 Å². The Balaban J connectivity index is 2.08. The second-order valence-corrected chi connectivity index (χ2v) is 23.4. The minimum atomic E-state index is -0.193. The third-order valence-electron chi connectivity index (χ3n) is 12.2. The SMILES string of the molecule is Cc1c(Cc2cc(C(C)(C)C)cc(C(C)(C)C)c2)c(C)c(Cc2cc(C(C)(C)C)c(O)c(C(C)(C)C)c2)c(C)c1Cc1cc(C(C)(C)C)c(N)c(C(C)(C)C)c1. The number of nitrogens with two attached hydrogens (primary N) is 1. The summed E-state index contributed by atoms with van der Waals surface area (Å²) in [7, 11) is 0. The first-order valence-electron chi connectivity index (χ1n) is 21.2. The van der Waals surface area contributed by atoms with Gasteiger partial charge in [0.1, 0.15) is 5.75 Å². The Morgan fingerprint density at radius 3 is 0.875 bits per heavy atom. The van der Waals surface area contributed by atoms with Crippen molar-refractivity contribution in [3.63, 3.8) is 0 Å². The third-order valence-corrected chi connectivity index (χ3v) is 12.2. The lowest BCUT2D eigenvalue weighted by atomic mass is 9.75. The van der Waals surface area contributed by atoms with Crippen molar-refractivity contribution in [1.29, 1.82) is 0 Å². The monoisotopic (exact) mass is 758 g/mol. The lowest BCUT2D eigenvalue weighted by molar-refractivity contribution is 0.423. The average Bonchev–Trinajstić information content (AvgIpc) is 3.01. The summed E-state index contributed by atoms with van der Waals surface area (Å²) < 4.78 is 0. The van der Waals surface area contributed by atoms with Crippen molar-refractivity contribution in [2.75, 3.05) is 5.73 Å². The summed E-state index contributed by atoms with van der Waals surface area (Å²) in [6.07, 6.45) is 2.53. The van der Waals surface area contributed by atoms with Gasteiger partial charge in [0.2, 0.25) is 0 Å². The Kier molecular flexibility index (Phi) is 12.1. The molecular weight excluding hydrogens is 679 g/mol. The van der Waals surface area contributed by atoms with E-state index < -0.39 is 0 Å². The van der Waals surface area contributed by atoms with Gasteiger partial charge in [0.05, 0.1) is 0 Å². The molecular formula is C54H79NO. The lowest BCUT2D eigenvalue weighted by Gasteiger charge is -2.30. The highest BCUT2D eigenvalue weighted by atomic mass is 16.3. The van der Waals surface area contributed by atoms with Gasteiger partial charge in [-0.3, -0.25) is 0 Å². The number of hydrogen-bond donors (Lipinski definition) is 2. The van der Waals surface area contributed by atoms with Crippen molar-refractivity contribution >= 4 is 5.69 Å². The van der Waals surface area contributed by atoms with E-state index in [1.165, 1.54) is 72.3 Å². The molecule has 0 bridgehead atoms. The predicted molar refractivity (Wildman–Crippen MR) is 247 cm³/mol. The molecule has 0 fully saturated rings. The van der Waals surface area contributed by atoms with Crippen LogP contribution < -0.4 is 5.73 Å². The van der Waals surface area contributed by atoms with E-state index in [2.05, 4.69) is 188 Å². The highest BCUT2D eigenvalue weighted by molar-refractivity contribution is 5.62. The maximum atomic E-state index is 11.6. The van der Waals surface area contributed by atoms with Gasteiger partial charge < -0.3 is 10.8 Å². The van der Waals surface area contributed by atoms with Crippen LogP contribution in [0.5, 0.6) is 5.75 Å². The van der Waals surface area contributed by atoms with Crippen molar-refractivity contribution in [3.05, 3.63) is 126 Å². The molecule has 0 aliphatic carbocycles. The number of benzene rings is 4. The first kappa shape index (κ1) is 45.2. The van der Waals surface area contributed by atoms with Gasteiger partial charge in [-0.25, -0.2) is 0 Å². The maximum absolute atomic E-state index is 11.6. The average molecular weight is 758 g/mol. The van der Waals surface area contributed by atoms with E-state index in [9.17, 15) is 5.11 Å². The van der Waals surface area contributed by atoms with E-state index in [-0.39, 0.29) is 32.5 Å². The summed E-state index contributed by atoms with van der Waals surface area (Å²) in [6.45, 7) is 48.0. The van der Waals surface area contributed by atoms with Crippen molar-refractivity contribution in [1.82, 2.24) is 0 Å². The Hall–Kier alpha value is -3.52. The number of nitrogen functional groups attached to an aromatic ring is 1. The zero-order valence-corrected chi connectivity index (χ0v) is 39.7. The molecule has 0 unspecified atom stereocenters. The topological polar surface area (TPSA) is 46.2 Å². The van der Waals surface area contributed by atoms with Crippen LogP contribution in [0.3, 0.4) is 0 Å². The van der Waals surface area contributed by atoms with E-state index in [0.717, 1.165) is 36.1 Å². The molecule has 0 aliphatic heterocycles. The largest absolute Gasteiger partial charge is 0.507 e. The molecule has 2 nitrogen and oxygen atoms in total. The highest BCUT2D eigenvalue weighted by Gasteiger charge is 2.29. The standard InChI is InChI=1S/C54H79NO/c1-32-40(24-35-22-38(49(4,5)6)31-39(23-35)50(7,8)9)33(2)42(26-37-29-45(53(16,17)18)48(56)46(30-37)54(19,20)21)34(3)41(32)25-36-27-43(51(10,11)12)47(55)44(28-36)52(13,14)15/h22-23,27-31,56H,24-26,55H2,1-21H3. The van der Waals surface area contributed by atoms with Gasteiger partial charge in [-0.05, 0) is 156 Å². The normalized spacial score (nSPS) is 13.4. The van der Waals surface area contributed by atoms with Gasteiger partial charge in [0.25, 0.3) is 0 Å². The number of rotatable bonds is 6. The zero-order valence-electron chi connectivity index (χ0n) is 39.7. The smallest absolute Gasteiger partial charge is 0.123 e. The summed E-state index contributed by atoms with van der Waals surface area (Å²) in [5.74, 6) is 0.438. The molecule has 0 aromatic heterocycles. The zero-order chi connectivity index (χ0) is 42.9. The Morgan fingerprint density at radius 2 is 0.625 bits per heavy atom. The maximum Gasteiger partial charge on any atom is 0.123 e. The minimum absolute atomic E-state index is 0.0444. The quantitative estimate of drug-likeness (QED) is 0.192. The first-order valence-corrected chi connectivity index (χ1v) is 21.2. The van der Waals surface area contributed by atoms with Crippen LogP contribution in [-0.2, 0) is 51.8 Å². The fraction of sp³-hybridized carbons (Fsp3) is 0.556. The molecule has 0 heterocycles. The molecule has 4 aromatic rings. The van der Waals surface area contributed by atoms with Crippen LogP contribution in [0.25, 0.3) is 0 Å². The van der Waals surface area contributed by atoms with Crippen LogP contribution in [0.1, 0.15) is 208 Å². The van der Waals surface area contributed by atoms with E-state index in [0.29, 0.717) is 5.75 Å². The second-order valence-electron chi connectivity index (χ2n) is 23.4. The van der Waals surface area contributed by atoms with Crippen LogP contribution in [-0.4, -0.2) is 5.11 Å². The number of hydrogen-bond acceptors (Lipinski definition) is 2. The molecule has 0 aliphatic rings. The van der Waals surface area contributed by atoms with E-state index in [4.69, 9.17) is 5.73 Å². The molecule has 3 N–H and O–H groups in total. The minimum Gasteiger partial charge on any atom is -0.507 e. The van der Waals surface area contributed by atoms with Crippen molar-refractivity contribution in [2.24, 2.45) is 0 Å². The number of phenolic OH excluding ortho intramolecular Hbond substituents is 1. The molecule has 0 spiro atoms. The number of phenols is 1. The molecule has 2 heteroatoms. The Labute approximate surface area is 344 Å². The van der Waals surface area contributed by atoms with Gasteiger partial charge in [0, 0.05) is 5.69 Å². The fourth-order valence-electron chi connectivity index (χ4n) is 8.45. The second kappa shape index (κ2) is 15.0. The first-order chi connectivity index (χ1) is 25.1. The predicted octanol–water partition coefficient (Wildman–Crippen LogP) is 14.5. The van der Waals surface area contributed by atoms with Crippen LogP contribution in [0.2, 0.25) is 0 Å². The van der Waals surface area contributed by atoms with Gasteiger partial charge in [-0.2, -0.15) is 0 Å². The fourth-order valence-corrected chi connectivity index (χ4v) is 8.45. The third kappa shape index (κ3) is 9.77. The Bertz CT molecular complexity index is 1880. The molecule has 0 saturated heterocycles. The summed E-state index contributed by atoms with van der Waals surface area (Å²) >= 11 is 0. The summed E-state index contributed by atoms with van der Waals surface area (Å²) in [5, 5.41) is 11.6. The summed E-state index contributed by atoms with van der Waals surface area (Å²) in [5.41, 5.74) is 27.1. The molecule has 0 radical (unpaired) electrons. The lowest BCUT2D eigenvalue weighted by Crippen LogP contribution is -2.21. The van der Waals surface area contributed by atoms with E-state index >= 15 is 0 Å². The van der Waals surface area contributed by atoms with Crippen LogP contribution >= 0.6 is 0 Å². The Morgan fingerprint density at radius 1 is 0.375 bits per heavy atom. The summed E-state index contributed by atoms with van der Waals surface area (Å²) in [4.78, 5) is 0. The molecule has 56 heavy (non-hydrogen) atoms.